The first kappa shape index (κ1) is 18.2. The molecule has 0 saturated heterocycles. The lowest BCUT2D eigenvalue weighted by Gasteiger charge is -2.21. The molecule has 126 valence electrons. The number of benzene rings is 2. The largest absolute Gasteiger partial charge is 0.432 e. The lowest BCUT2D eigenvalue weighted by Crippen LogP contribution is -2.32. The molecule has 2 aromatic rings. The first-order valence-corrected chi connectivity index (χ1v) is 8.45. The van der Waals surface area contributed by atoms with E-state index in [4.69, 9.17) is 28.6 Å². The molecule has 2 aromatic carbocycles. The van der Waals surface area contributed by atoms with E-state index in [2.05, 4.69) is 5.32 Å². The number of anilines is 1. The van der Waals surface area contributed by atoms with Gasteiger partial charge in [0.25, 0.3) is 11.1 Å². The van der Waals surface area contributed by atoms with Gasteiger partial charge in [-0.05, 0) is 68.5 Å². The van der Waals surface area contributed by atoms with Gasteiger partial charge in [-0.1, -0.05) is 17.7 Å². The molecule has 0 bridgehead atoms. The number of ether oxygens (including phenoxy) is 1. The van der Waals surface area contributed by atoms with Crippen LogP contribution < -0.4 is 10.1 Å². The maximum absolute atomic E-state index is 12.3. The van der Waals surface area contributed by atoms with Crippen molar-refractivity contribution in [2.75, 3.05) is 18.4 Å². The number of thiocarbonyl (C=S) groups is 1. The van der Waals surface area contributed by atoms with E-state index in [1.807, 2.05) is 18.7 Å². The summed E-state index contributed by atoms with van der Waals surface area (Å²) in [5.74, 6) is 0.312. The van der Waals surface area contributed by atoms with E-state index in [0.29, 0.717) is 27.2 Å². The minimum absolute atomic E-state index is 0.225. The third kappa shape index (κ3) is 4.94. The Morgan fingerprint density at radius 3 is 2.46 bits per heavy atom. The van der Waals surface area contributed by atoms with Gasteiger partial charge in [0.1, 0.15) is 5.75 Å². The van der Waals surface area contributed by atoms with Gasteiger partial charge in [-0.2, -0.15) is 0 Å². The highest BCUT2D eigenvalue weighted by molar-refractivity contribution is 7.80. The van der Waals surface area contributed by atoms with Gasteiger partial charge in [0.05, 0.1) is 0 Å². The molecule has 0 heterocycles. The van der Waals surface area contributed by atoms with Crippen LogP contribution in [-0.2, 0) is 0 Å². The van der Waals surface area contributed by atoms with Gasteiger partial charge in [0, 0.05) is 29.4 Å². The van der Waals surface area contributed by atoms with Gasteiger partial charge in [-0.3, -0.25) is 4.79 Å². The molecular weight excluding hydrogens is 344 g/mol. The molecule has 2 rings (SSSR count). The van der Waals surface area contributed by atoms with E-state index in [-0.39, 0.29) is 5.91 Å². The number of nitrogens with one attached hydrogen (secondary N) is 1. The summed E-state index contributed by atoms with van der Waals surface area (Å²) in [5, 5.41) is 3.83. The van der Waals surface area contributed by atoms with Crippen LogP contribution in [-0.4, -0.2) is 29.1 Å². The number of hydrogen-bond acceptors (Lipinski definition) is 3. The lowest BCUT2D eigenvalue weighted by atomic mass is 10.2. The van der Waals surface area contributed by atoms with E-state index in [9.17, 15) is 4.79 Å². The molecule has 1 amide bonds. The summed E-state index contributed by atoms with van der Waals surface area (Å²) in [6.45, 7) is 5.56. The van der Waals surface area contributed by atoms with Crippen molar-refractivity contribution < 1.29 is 9.53 Å². The summed E-state index contributed by atoms with van der Waals surface area (Å²) in [7, 11) is 0. The van der Waals surface area contributed by atoms with Gasteiger partial charge >= 0.3 is 0 Å². The van der Waals surface area contributed by atoms with Crippen molar-refractivity contribution >= 4 is 40.6 Å². The van der Waals surface area contributed by atoms with Gasteiger partial charge in [0.15, 0.2) is 0 Å². The number of hydrogen-bond donors (Lipinski definition) is 1. The lowest BCUT2D eigenvalue weighted by molar-refractivity contribution is 0.102. The number of halogens is 1. The fourth-order valence-electron chi connectivity index (χ4n) is 2.08. The second-order valence-corrected chi connectivity index (χ2v) is 5.81. The molecule has 0 unspecified atom stereocenters. The second-order valence-electron chi connectivity index (χ2n) is 5.03. The monoisotopic (exact) mass is 362 g/mol. The van der Waals surface area contributed by atoms with Crippen molar-refractivity contribution in [1.82, 2.24) is 4.90 Å². The highest BCUT2D eigenvalue weighted by Crippen LogP contribution is 2.18. The van der Waals surface area contributed by atoms with E-state index >= 15 is 0 Å². The molecule has 0 radical (unpaired) electrons. The van der Waals surface area contributed by atoms with E-state index in [0.717, 1.165) is 13.1 Å². The highest BCUT2D eigenvalue weighted by atomic mass is 35.5. The van der Waals surface area contributed by atoms with Gasteiger partial charge < -0.3 is 15.0 Å². The van der Waals surface area contributed by atoms with Crippen molar-refractivity contribution in [3.63, 3.8) is 0 Å². The van der Waals surface area contributed by atoms with Crippen molar-refractivity contribution in [1.29, 1.82) is 0 Å². The minimum atomic E-state index is -0.225. The summed E-state index contributed by atoms with van der Waals surface area (Å²) in [6, 6.07) is 13.9. The van der Waals surface area contributed by atoms with Crippen LogP contribution in [0.3, 0.4) is 0 Å². The Bertz CT molecular complexity index is 715. The quantitative estimate of drug-likeness (QED) is 0.789. The maximum atomic E-state index is 12.3. The zero-order chi connectivity index (χ0) is 17.5. The molecule has 4 nitrogen and oxygen atoms in total. The molecule has 0 aliphatic heterocycles. The predicted molar refractivity (Wildman–Crippen MR) is 102 cm³/mol. The predicted octanol–water partition coefficient (Wildman–Crippen LogP) is 4.60. The fourth-order valence-corrected chi connectivity index (χ4v) is 2.56. The molecule has 6 heteroatoms. The topological polar surface area (TPSA) is 41.6 Å². The summed E-state index contributed by atoms with van der Waals surface area (Å²) in [4.78, 5) is 14.3. The van der Waals surface area contributed by atoms with Crippen molar-refractivity contribution in [3.05, 3.63) is 59.1 Å². The zero-order valence-electron chi connectivity index (χ0n) is 13.6. The van der Waals surface area contributed by atoms with Crippen LogP contribution in [0.2, 0.25) is 5.02 Å². The normalized spacial score (nSPS) is 10.1. The Hall–Kier alpha value is -2.11. The van der Waals surface area contributed by atoms with Crippen LogP contribution in [0.4, 0.5) is 5.69 Å². The molecule has 1 N–H and O–H groups in total. The summed E-state index contributed by atoms with van der Waals surface area (Å²) >= 11 is 11.1. The van der Waals surface area contributed by atoms with Crippen molar-refractivity contribution in [3.8, 4) is 5.75 Å². The number of carbonyl (C=O) groups is 1. The number of carbonyl (C=O) groups excluding carboxylic acids is 1. The molecule has 24 heavy (non-hydrogen) atoms. The molecular formula is C18H19ClN2O2S. The van der Waals surface area contributed by atoms with E-state index in [1.54, 1.807) is 48.5 Å². The Balaban J connectivity index is 2.07. The molecule has 0 aromatic heterocycles. The molecule has 0 aliphatic rings. The van der Waals surface area contributed by atoms with Gasteiger partial charge in [-0.15, -0.1) is 0 Å². The van der Waals surface area contributed by atoms with Crippen LogP contribution >= 0.6 is 23.8 Å². The fraction of sp³-hybridized carbons (Fsp3) is 0.222. The number of amides is 1. The van der Waals surface area contributed by atoms with Crippen molar-refractivity contribution in [2.24, 2.45) is 0 Å². The standard InChI is InChI=1S/C18H19ClN2O2S/c1-3-21(4-2)18(24)23-16-7-5-6-13(12-16)17(22)20-15-10-8-14(19)9-11-15/h5-12H,3-4H2,1-2H3,(H,20,22). The first-order chi connectivity index (χ1) is 11.5. The van der Waals surface area contributed by atoms with Crippen LogP contribution in [0.15, 0.2) is 48.5 Å². The average molecular weight is 363 g/mol. The van der Waals surface area contributed by atoms with Crippen LogP contribution in [0.5, 0.6) is 5.75 Å². The molecule has 0 saturated carbocycles. The zero-order valence-corrected chi connectivity index (χ0v) is 15.2. The Morgan fingerprint density at radius 1 is 1.17 bits per heavy atom. The van der Waals surface area contributed by atoms with E-state index < -0.39 is 0 Å². The maximum Gasteiger partial charge on any atom is 0.264 e. The number of nitrogens with zero attached hydrogens (tertiary/aromatic N) is 1. The van der Waals surface area contributed by atoms with Crippen LogP contribution in [0, 0.1) is 0 Å². The summed E-state index contributed by atoms with van der Waals surface area (Å²) in [6.07, 6.45) is 0. The Labute approximate surface area is 152 Å². The third-order valence-electron chi connectivity index (χ3n) is 3.43. The first-order valence-electron chi connectivity index (χ1n) is 7.67. The third-order valence-corrected chi connectivity index (χ3v) is 4.02. The Morgan fingerprint density at radius 2 is 1.83 bits per heavy atom. The SMILES string of the molecule is CCN(CC)C(=S)Oc1cccc(C(=O)Nc2ccc(Cl)cc2)c1. The summed E-state index contributed by atoms with van der Waals surface area (Å²) < 4.78 is 5.67. The minimum Gasteiger partial charge on any atom is -0.432 e. The van der Waals surface area contributed by atoms with Gasteiger partial charge in [0.2, 0.25) is 0 Å². The molecule has 0 aliphatic carbocycles. The second kappa shape index (κ2) is 8.66. The average Bonchev–Trinajstić information content (AvgIpc) is 2.58. The smallest absolute Gasteiger partial charge is 0.264 e. The Kier molecular flexibility index (Phi) is 6.58. The van der Waals surface area contributed by atoms with Crippen molar-refractivity contribution in [2.45, 2.75) is 13.8 Å². The molecule has 0 spiro atoms. The van der Waals surface area contributed by atoms with Crippen LogP contribution in [0.25, 0.3) is 0 Å². The molecule has 0 atom stereocenters. The van der Waals surface area contributed by atoms with Crippen LogP contribution in [0.1, 0.15) is 24.2 Å². The van der Waals surface area contributed by atoms with Gasteiger partial charge in [-0.25, -0.2) is 0 Å². The van der Waals surface area contributed by atoms with E-state index in [1.165, 1.54) is 0 Å². The highest BCUT2D eigenvalue weighted by Gasteiger charge is 2.11. The molecule has 0 fully saturated rings. The summed E-state index contributed by atoms with van der Waals surface area (Å²) in [5.41, 5.74) is 1.17. The number of rotatable bonds is 5.